The third-order valence-electron chi connectivity index (χ3n) is 4.96. The molecule has 1 N–H and O–H groups in total. The van der Waals surface area contributed by atoms with Gasteiger partial charge in [-0.15, -0.1) is 0 Å². The van der Waals surface area contributed by atoms with Crippen LogP contribution in [0.3, 0.4) is 0 Å². The molecule has 3 aromatic rings. The monoisotopic (exact) mass is 472 g/mol. The van der Waals surface area contributed by atoms with Crippen molar-refractivity contribution in [3.05, 3.63) is 83.7 Å². The fraction of sp³-hybridized carbons (Fsp3) is 0.208. The van der Waals surface area contributed by atoms with Crippen molar-refractivity contribution in [2.45, 2.75) is 18.4 Å². The Morgan fingerprint density at radius 2 is 1.58 bits per heavy atom. The molecule has 0 radical (unpaired) electrons. The number of amides is 1. The minimum absolute atomic E-state index is 0.101. The fourth-order valence-corrected chi connectivity index (χ4v) is 4.56. The highest BCUT2D eigenvalue weighted by Gasteiger charge is 2.28. The SMILES string of the molecule is COc1ccc(S(=O)(=O)N(CC(=O)NCc2ccc(C)cc2)c2ccc(F)cc2)cc1OC. The van der Waals surface area contributed by atoms with Crippen molar-refractivity contribution < 1.29 is 27.1 Å². The number of sulfonamides is 1. The summed E-state index contributed by atoms with van der Waals surface area (Å²) < 4.78 is 51.8. The number of carbonyl (C=O) groups is 1. The molecule has 174 valence electrons. The highest BCUT2D eigenvalue weighted by molar-refractivity contribution is 7.92. The number of aryl methyl sites for hydroxylation is 1. The number of ether oxygens (including phenoxy) is 2. The third kappa shape index (κ3) is 5.81. The minimum atomic E-state index is -4.19. The van der Waals surface area contributed by atoms with E-state index in [0.29, 0.717) is 5.75 Å². The van der Waals surface area contributed by atoms with E-state index in [1.54, 1.807) is 0 Å². The molecule has 3 aromatic carbocycles. The van der Waals surface area contributed by atoms with Gasteiger partial charge in [0.1, 0.15) is 12.4 Å². The first kappa shape index (κ1) is 24.1. The second-order valence-electron chi connectivity index (χ2n) is 7.27. The number of nitrogens with zero attached hydrogens (tertiary/aromatic N) is 1. The Labute approximate surface area is 192 Å². The Hall–Kier alpha value is -3.59. The molecule has 0 aliphatic rings. The normalized spacial score (nSPS) is 11.0. The van der Waals surface area contributed by atoms with Gasteiger partial charge in [0.15, 0.2) is 11.5 Å². The van der Waals surface area contributed by atoms with Crippen molar-refractivity contribution in [3.63, 3.8) is 0 Å². The van der Waals surface area contributed by atoms with Gasteiger partial charge in [0.25, 0.3) is 10.0 Å². The molecule has 0 fully saturated rings. The molecule has 3 rings (SSSR count). The van der Waals surface area contributed by atoms with Crippen molar-refractivity contribution in [2.24, 2.45) is 0 Å². The lowest BCUT2D eigenvalue weighted by molar-refractivity contribution is -0.119. The van der Waals surface area contributed by atoms with E-state index < -0.39 is 28.3 Å². The van der Waals surface area contributed by atoms with Crippen LogP contribution >= 0.6 is 0 Å². The first-order valence-electron chi connectivity index (χ1n) is 10.1. The maximum atomic E-state index is 13.5. The Morgan fingerprint density at radius 3 is 2.18 bits per heavy atom. The Kier molecular flexibility index (Phi) is 7.55. The molecule has 0 aliphatic heterocycles. The quantitative estimate of drug-likeness (QED) is 0.514. The summed E-state index contributed by atoms with van der Waals surface area (Å²) in [4.78, 5) is 12.6. The van der Waals surface area contributed by atoms with Crippen molar-refractivity contribution in [1.82, 2.24) is 5.32 Å². The molecule has 0 bridgehead atoms. The number of nitrogens with one attached hydrogen (secondary N) is 1. The lowest BCUT2D eigenvalue weighted by atomic mass is 10.1. The minimum Gasteiger partial charge on any atom is -0.493 e. The molecular formula is C24H25FN2O5S. The maximum absolute atomic E-state index is 13.5. The number of halogens is 1. The molecule has 33 heavy (non-hydrogen) atoms. The molecule has 0 heterocycles. The summed E-state index contributed by atoms with van der Waals surface area (Å²) in [6.45, 7) is 1.71. The Balaban J connectivity index is 1.90. The van der Waals surface area contributed by atoms with E-state index in [2.05, 4.69) is 5.32 Å². The van der Waals surface area contributed by atoms with Crippen LogP contribution in [0.25, 0.3) is 0 Å². The van der Waals surface area contributed by atoms with Crippen LogP contribution in [0, 0.1) is 12.7 Å². The van der Waals surface area contributed by atoms with E-state index in [1.807, 2.05) is 31.2 Å². The molecule has 0 saturated heterocycles. The first-order chi connectivity index (χ1) is 15.7. The van der Waals surface area contributed by atoms with Gasteiger partial charge in [0.05, 0.1) is 24.8 Å². The number of carbonyl (C=O) groups excluding carboxylic acids is 1. The van der Waals surface area contributed by atoms with Crippen LogP contribution in [0.5, 0.6) is 11.5 Å². The topological polar surface area (TPSA) is 84.9 Å². The zero-order valence-corrected chi connectivity index (χ0v) is 19.4. The van der Waals surface area contributed by atoms with Crippen LogP contribution in [-0.4, -0.2) is 35.1 Å². The second-order valence-corrected chi connectivity index (χ2v) is 9.13. The zero-order valence-electron chi connectivity index (χ0n) is 18.5. The van der Waals surface area contributed by atoms with E-state index in [4.69, 9.17) is 9.47 Å². The van der Waals surface area contributed by atoms with Crippen LogP contribution < -0.4 is 19.1 Å². The Bertz CT molecular complexity index is 1210. The van der Waals surface area contributed by atoms with Crippen LogP contribution in [0.2, 0.25) is 0 Å². The van der Waals surface area contributed by atoms with E-state index >= 15 is 0 Å². The third-order valence-corrected chi connectivity index (χ3v) is 6.72. The number of rotatable bonds is 9. The first-order valence-corrected chi connectivity index (χ1v) is 11.5. The summed E-state index contributed by atoms with van der Waals surface area (Å²) >= 11 is 0. The van der Waals surface area contributed by atoms with Crippen LogP contribution in [-0.2, 0) is 21.4 Å². The molecule has 0 saturated carbocycles. The molecule has 0 aromatic heterocycles. The number of hydrogen-bond donors (Lipinski definition) is 1. The van der Waals surface area contributed by atoms with Gasteiger partial charge < -0.3 is 14.8 Å². The number of benzene rings is 3. The summed E-state index contributed by atoms with van der Waals surface area (Å²) in [5.74, 6) is -0.447. The molecular weight excluding hydrogens is 447 g/mol. The maximum Gasteiger partial charge on any atom is 0.264 e. The van der Waals surface area contributed by atoms with Crippen molar-refractivity contribution >= 4 is 21.6 Å². The van der Waals surface area contributed by atoms with Crippen LogP contribution in [0.15, 0.2) is 71.6 Å². The zero-order chi connectivity index (χ0) is 24.0. The standard InChI is InChI=1S/C24H25FN2O5S/c1-17-4-6-18(7-5-17)15-26-24(28)16-27(20-10-8-19(25)9-11-20)33(29,30)21-12-13-22(31-2)23(14-21)32-3/h4-14H,15-16H2,1-3H3,(H,26,28). The molecule has 7 nitrogen and oxygen atoms in total. The van der Waals surface area contributed by atoms with Crippen molar-refractivity contribution in [1.29, 1.82) is 0 Å². The molecule has 0 atom stereocenters. The van der Waals surface area contributed by atoms with E-state index in [0.717, 1.165) is 27.6 Å². The fourth-order valence-electron chi connectivity index (χ4n) is 3.12. The van der Waals surface area contributed by atoms with Gasteiger partial charge in [-0.05, 0) is 48.9 Å². The summed E-state index contributed by atoms with van der Waals surface area (Å²) in [5.41, 5.74) is 2.12. The molecule has 0 unspecified atom stereocenters. The molecule has 0 aliphatic carbocycles. The lowest BCUT2D eigenvalue weighted by Gasteiger charge is -2.24. The average molecular weight is 473 g/mol. The van der Waals surface area contributed by atoms with Crippen molar-refractivity contribution in [2.75, 3.05) is 25.1 Å². The predicted molar refractivity (Wildman–Crippen MR) is 124 cm³/mol. The van der Waals surface area contributed by atoms with E-state index in [9.17, 15) is 17.6 Å². The van der Waals surface area contributed by atoms with Crippen LogP contribution in [0.1, 0.15) is 11.1 Å². The second kappa shape index (κ2) is 10.4. The molecule has 1 amide bonds. The number of anilines is 1. The molecule has 9 heteroatoms. The van der Waals surface area contributed by atoms with Crippen molar-refractivity contribution in [3.8, 4) is 11.5 Å². The van der Waals surface area contributed by atoms with Gasteiger partial charge in [-0.1, -0.05) is 29.8 Å². The summed E-state index contributed by atoms with van der Waals surface area (Å²) in [5, 5.41) is 2.73. The highest BCUT2D eigenvalue weighted by Crippen LogP contribution is 2.32. The number of hydrogen-bond acceptors (Lipinski definition) is 5. The van der Waals surface area contributed by atoms with Crippen LogP contribution in [0.4, 0.5) is 10.1 Å². The van der Waals surface area contributed by atoms with Gasteiger partial charge in [-0.3, -0.25) is 9.10 Å². The number of methoxy groups -OCH3 is 2. The average Bonchev–Trinajstić information content (AvgIpc) is 2.82. The van der Waals surface area contributed by atoms with Gasteiger partial charge >= 0.3 is 0 Å². The van der Waals surface area contributed by atoms with Gasteiger partial charge in [0.2, 0.25) is 5.91 Å². The molecule has 0 spiro atoms. The summed E-state index contributed by atoms with van der Waals surface area (Å²) in [7, 11) is -1.36. The van der Waals surface area contributed by atoms with Gasteiger partial charge in [-0.2, -0.15) is 0 Å². The summed E-state index contributed by atoms with van der Waals surface area (Å²) in [6, 6.07) is 16.6. The summed E-state index contributed by atoms with van der Waals surface area (Å²) in [6.07, 6.45) is 0. The highest BCUT2D eigenvalue weighted by atomic mass is 32.2. The smallest absolute Gasteiger partial charge is 0.264 e. The van der Waals surface area contributed by atoms with E-state index in [-0.39, 0.29) is 22.9 Å². The van der Waals surface area contributed by atoms with E-state index in [1.165, 1.54) is 44.6 Å². The Morgan fingerprint density at radius 1 is 0.939 bits per heavy atom. The predicted octanol–water partition coefficient (Wildman–Crippen LogP) is 3.66. The van der Waals surface area contributed by atoms with Gasteiger partial charge in [-0.25, -0.2) is 12.8 Å². The largest absolute Gasteiger partial charge is 0.493 e. The van der Waals surface area contributed by atoms with Gasteiger partial charge in [0, 0.05) is 12.6 Å². The lowest BCUT2D eigenvalue weighted by Crippen LogP contribution is -2.40.